The largest absolute Gasteiger partial charge is 0.450 e. The molecule has 1 aliphatic rings. The molecule has 2 amide bonds. The number of carbonyl (C=O) groups excluding carboxylic acids is 2. The molecule has 2 heterocycles. The Bertz CT molecular complexity index is 1090. The second kappa shape index (κ2) is 9.34. The maximum Gasteiger partial charge on any atom is 0.409 e. The lowest BCUT2D eigenvalue weighted by atomic mass is 10.1. The molecule has 7 nitrogen and oxygen atoms in total. The zero-order chi connectivity index (χ0) is 21.8. The van der Waals surface area contributed by atoms with Gasteiger partial charge in [0, 0.05) is 41.8 Å². The quantitative estimate of drug-likeness (QED) is 0.538. The molecule has 0 atom stereocenters. The predicted octanol–water partition coefficient (Wildman–Crippen LogP) is 4.69. The lowest BCUT2D eigenvalue weighted by Crippen LogP contribution is -2.50. The summed E-state index contributed by atoms with van der Waals surface area (Å²) in [5.41, 5.74) is 2.06. The second-order valence-electron chi connectivity index (χ2n) is 7.06. The van der Waals surface area contributed by atoms with Crippen LogP contribution >= 0.6 is 15.9 Å². The van der Waals surface area contributed by atoms with E-state index in [9.17, 15) is 9.59 Å². The van der Waals surface area contributed by atoms with Gasteiger partial charge >= 0.3 is 6.09 Å². The van der Waals surface area contributed by atoms with Crippen LogP contribution in [0.3, 0.4) is 0 Å². The van der Waals surface area contributed by atoms with E-state index >= 15 is 0 Å². The summed E-state index contributed by atoms with van der Waals surface area (Å²) >= 11 is 3.46. The first kappa shape index (κ1) is 21.1. The fourth-order valence-electron chi connectivity index (χ4n) is 3.51. The molecular weight excluding hydrogens is 462 g/mol. The number of halogens is 1. The lowest BCUT2D eigenvalue weighted by molar-refractivity contribution is 0.0571. The summed E-state index contributed by atoms with van der Waals surface area (Å²) in [5, 5.41) is 0. The van der Waals surface area contributed by atoms with Gasteiger partial charge in [-0.3, -0.25) is 4.79 Å². The molecule has 1 aliphatic heterocycles. The van der Waals surface area contributed by atoms with Gasteiger partial charge < -0.3 is 19.0 Å². The lowest BCUT2D eigenvalue weighted by Gasteiger charge is -2.34. The van der Waals surface area contributed by atoms with Gasteiger partial charge in [0.15, 0.2) is 5.76 Å². The molecule has 3 aromatic rings. The molecule has 0 aliphatic carbocycles. The summed E-state index contributed by atoms with van der Waals surface area (Å²) in [6.07, 6.45) is 1.33. The fourth-order valence-corrected chi connectivity index (χ4v) is 3.91. The van der Waals surface area contributed by atoms with Crippen LogP contribution in [-0.2, 0) is 4.74 Å². The van der Waals surface area contributed by atoms with Crippen LogP contribution < -0.4 is 0 Å². The normalized spacial score (nSPS) is 13.9. The van der Waals surface area contributed by atoms with Crippen LogP contribution in [0.4, 0.5) is 4.79 Å². The van der Waals surface area contributed by atoms with Crippen molar-refractivity contribution in [2.24, 2.45) is 0 Å². The fraction of sp³-hybridized carbons (Fsp3) is 0.261. The number of piperazine rings is 1. The van der Waals surface area contributed by atoms with E-state index in [-0.39, 0.29) is 12.0 Å². The number of amides is 2. The third-order valence-electron chi connectivity index (χ3n) is 5.10. The Labute approximate surface area is 188 Å². The Morgan fingerprint density at radius 1 is 1.06 bits per heavy atom. The molecule has 4 rings (SSSR count). The van der Waals surface area contributed by atoms with E-state index in [4.69, 9.17) is 9.15 Å². The minimum Gasteiger partial charge on any atom is -0.450 e. The van der Waals surface area contributed by atoms with Crippen molar-refractivity contribution in [2.45, 2.75) is 6.92 Å². The number of benzene rings is 2. The number of aromatic nitrogens is 1. The Morgan fingerprint density at radius 3 is 2.55 bits per heavy atom. The van der Waals surface area contributed by atoms with Gasteiger partial charge in [-0.05, 0) is 31.2 Å². The van der Waals surface area contributed by atoms with E-state index in [0.29, 0.717) is 55.6 Å². The average molecular weight is 484 g/mol. The number of hydrogen-bond donors (Lipinski definition) is 0. The highest BCUT2D eigenvalue weighted by molar-refractivity contribution is 9.10. The first-order valence-corrected chi connectivity index (χ1v) is 10.9. The highest BCUT2D eigenvalue weighted by Crippen LogP contribution is 2.30. The maximum atomic E-state index is 13.2. The van der Waals surface area contributed by atoms with Gasteiger partial charge in [0.25, 0.3) is 5.91 Å². The summed E-state index contributed by atoms with van der Waals surface area (Å²) in [6, 6.07) is 15.0. The molecule has 31 heavy (non-hydrogen) atoms. The minimum absolute atomic E-state index is 0.110. The Hall–Kier alpha value is -3.13. The number of oxazole rings is 1. The van der Waals surface area contributed by atoms with Gasteiger partial charge in [-0.2, -0.15) is 0 Å². The molecule has 0 radical (unpaired) electrons. The van der Waals surface area contributed by atoms with E-state index in [1.807, 2.05) is 42.5 Å². The molecule has 0 N–H and O–H groups in total. The van der Waals surface area contributed by atoms with Crippen LogP contribution in [0.25, 0.3) is 22.8 Å². The molecule has 0 spiro atoms. The third-order valence-corrected chi connectivity index (χ3v) is 5.59. The standard InChI is InChI=1S/C23H22BrN3O4/c1-2-30-23(29)27-12-10-26(11-13-27)22(28)19-9-4-3-8-18(19)21-25-15-20(31-21)16-6-5-7-17(24)14-16/h3-9,14-15H,2,10-13H2,1H3. The SMILES string of the molecule is CCOC(=O)N1CCN(C(=O)c2ccccc2-c2ncc(-c3cccc(Br)c3)o2)CC1. The molecule has 1 saturated heterocycles. The zero-order valence-corrected chi connectivity index (χ0v) is 18.7. The van der Waals surface area contributed by atoms with Gasteiger partial charge in [0.1, 0.15) is 0 Å². The van der Waals surface area contributed by atoms with Gasteiger partial charge in [-0.25, -0.2) is 9.78 Å². The summed E-state index contributed by atoms with van der Waals surface area (Å²) < 4.78 is 12.0. The molecule has 160 valence electrons. The summed E-state index contributed by atoms with van der Waals surface area (Å²) in [7, 11) is 0. The summed E-state index contributed by atoms with van der Waals surface area (Å²) in [4.78, 5) is 32.9. The smallest absolute Gasteiger partial charge is 0.409 e. The van der Waals surface area contributed by atoms with Crippen molar-refractivity contribution in [3.05, 3.63) is 64.8 Å². The van der Waals surface area contributed by atoms with E-state index in [0.717, 1.165) is 10.0 Å². The van der Waals surface area contributed by atoms with Crippen molar-refractivity contribution in [1.29, 1.82) is 0 Å². The molecule has 1 fully saturated rings. The van der Waals surface area contributed by atoms with E-state index in [1.54, 1.807) is 29.0 Å². The molecule has 0 bridgehead atoms. The van der Waals surface area contributed by atoms with Crippen LogP contribution in [0.15, 0.2) is 63.6 Å². The van der Waals surface area contributed by atoms with Gasteiger partial charge in [0.2, 0.25) is 5.89 Å². The van der Waals surface area contributed by atoms with Gasteiger partial charge in [-0.1, -0.05) is 40.2 Å². The van der Waals surface area contributed by atoms with Crippen LogP contribution in [-0.4, -0.2) is 59.6 Å². The zero-order valence-electron chi connectivity index (χ0n) is 17.1. The summed E-state index contributed by atoms with van der Waals surface area (Å²) in [5.74, 6) is 0.909. The first-order chi connectivity index (χ1) is 15.1. The number of hydrogen-bond acceptors (Lipinski definition) is 5. The van der Waals surface area contributed by atoms with Crippen molar-refractivity contribution in [1.82, 2.24) is 14.8 Å². The maximum absolute atomic E-state index is 13.2. The van der Waals surface area contributed by atoms with Crippen LogP contribution in [0.1, 0.15) is 17.3 Å². The molecule has 0 unspecified atom stereocenters. The molecule has 8 heteroatoms. The van der Waals surface area contributed by atoms with E-state index in [1.165, 1.54) is 0 Å². The Kier molecular flexibility index (Phi) is 6.36. The van der Waals surface area contributed by atoms with E-state index in [2.05, 4.69) is 20.9 Å². The average Bonchev–Trinajstić information content (AvgIpc) is 3.29. The third kappa shape index (κ3) is 4.64. The van der Waals surface area contributed by atoms with Crippen molar-refractivity contribution in [3.8, 4) is 22.8 Å². The number of carbonyl (C=O) groups is 2. The number of ether oxygens (including phenoxy) is 1. The second-order valence-corrected chi connectivity index (χ2v) is 7.98. The van der Waals surface area contributed by atoms with Crippen LogP contribution in [0.2, 0.25) is 0 Å². The Balaban J connectivity index is 1.53. The first-order valence-electron chi connectivity index (χ1n) is 10.1. The van der Waals surface area contributed by atoms with Gasteiger partial charge in [0.05, 0.1) is 18.4 Å². The molecule has 1 aromatic heterocycles. The Morgan fingerprint density at radius 2 is 1.81 bits per heavy atom. The summed E-state index contributed by atoms with van der Waals surface area (Å²) in [6.45, 7) is 3.89. The van der Waals surface area contributed by atoms with Crippen LogP contribution in [0.5, 0.6) is 0 Å². The highest BCUT2D eigenvalue weighted by atomic mass is 79.9. The van der Waals surface area contributed by atoms with Crippen LogP contribution in [0, 0.1) is 0 Å². The number of rotatable bonds is 4. The van der Waals surface area contributed by atoms with Gasteiger partial charge in [-0.15, -0.1) is 0 Å². The predicted molar refractivity (Wildman–Crippen MR) is 120 cm³/mol. The molecule has 0 saturated carbocycles. The van der Waals surface area contributed by atoms with Crippen molar-refractivity contribution in [3.63, 3.8) is 0 Å². The minimum atomic E-state index is -0.338. The highest BCUT2D eigenvalue weighted by Gasteiger charge is 2.27. The molecule has 2 aromatic carbocycles. The van der Waals surface area contributed by atoms with Crippen molar-refractivity contribution < 1.29 is 18.7 Å². The molecular formula is C23H22BrN3O4. The monoisotopic (exact) mass is 483 g/mol. The van der Waals surface area contributed by atoms with E-state index < -0.39 is 0 Å². The van der Waals surface area contributed by atoms with Crippen molar-refractivity contribution in [2.75, 3.05) is 32.8 Å². The topological polar surface area (TPSA) is 75.9 Å². The van der Waals surface area contributed by atoms with Crippen molar-refractivity contribution >= 4 is 27.9 Å². The number of nitrogens with zero attached hydrogens (tertiary/aromatic N) is 3.